The molecule has 21 heavy (non-hydrogen) atoms. The van der Waals surface area contributed by atoms with E-state index in [-0.39, 0.29) is 5.91 Å². The molecule has 0 unspecified atom stereocenters. The molecule has 5 heteroatoms. The summed E-state index contributed by atoms with van der Waals surface area (Å²) in [6.07, 6.45) is 0. The lowest BCUT2D eigenvalue weighted by Crippen LogP contribution is -2.23. The lowest BCUT2D eigenvalue weighted by molar-refractivity contribution is 0.0950. The van der Waals surface area contributed by atoms with Crippen LogP contribution in [0.25, 0.3) is 0 Å². The topological polar surface area (TPSA) is 73.6 Å². The van der Waals surface area contributed by atoms with Crippen LogP contribution in [0.1, 0.15) is 15.9 Å². The molecule has 0 radical (unpaired) electrons. The molecule has 2 aromatic carbocycles. The highest BCUT2D eigenvalue weighted by Gasteiger charge is 2.09. The van der Waals surface area contributed by atoms with E-state index in [1.165, 1.54) is 0 Å². The number of methoxy groups -OCH3 is 2. The van der Waals surface area contributed by atoms with Crippen molar-refractivity contribution >= 4 is 11.6 Å². The van der Waals surface area contributed by atoms with E-state index < -0.39 is 0 Å². The minimum atomic E-state index is -0.182. The third kappa shape index (κ3) is 3.66. The highest BCUT2D eigenvalue weighted by Crippen LogP contribution is 2.21. The Bertz CT molecular complexity index is 641. The van der Waals surface area contributed by atoms with Crippen molar-refractivity contribution in [3.63, 3.8) is 0 Å². The molecule has 110 valence electrons. The summed E-state index contributed by atoms with van der Waals surface area (Å²) < 4.78 is 10.4. The molecule has 0 spiro atoms. The zero-order valence-electron chi connectivity index (χ0n) is 12.1. The predicted octanol–water partition coefficient (Wildman–Crippen LogP) is 2.22. The van der Waals surface area contributed by atoms with Crippen LogP contribution < -0.4 is 20.5 Å². The summed E-state index contributed by atoms with van der Waals surface area (Å²) in [5, 5.41) is 2.84. The van der Waals surface area contributed by atoms with Gasteiger partial charge in [-0.3, -0.25) is 4.79 Å². The zero-order valence-corrected chi connectivity index (χ0v) is 12.1. The number of amides is 1. The van der Waals surface area contributed by atoms with Gasteiger partial charge < -0.3 is 20.5 Å². The molecule has 5 nitrogen and oxygen atoms in total. The molecule has 0 aromatic heterocycles. The van der Waals surface area contributed by atoms with Crippen LogP contribution in [0.5, 0.6) is 11.5 Å². The number of nitrogens with two attached hydrogens (primary N) is 1. The standard InChI is InChI=1S/C16H18N2O3/c1-20-14-5-3-4-11(9-14)16(19)18-10-12-8-13(17)6-7-15(12)21-2/h3-9H,10,17H2,1-2H3,(H,18,19). The van der Waals surface area contributed by atoms with Gasteiger partial charge in [-0.25, -0.2) is 0 Å². The van der Waals surface area contributed by atoms with Gasteiger partial charge in [0.05, 0.1) is 14.2 Å². The Morgan fingerprint density at radius 3 is 2.67 bits per heavy atom. The Hall–Kier alpha value is -2.69. The van der Waals surface area contributed by atoms with Crippen LogP contribution in [-0.4, -0.2) is 20.1 Å². The first-order valence-corrected chi connectivity index (χ1v) is 6.48. The molecule has 1 amide bonds. The van der Waals surface area contributed by atoms with Crippen LogP contribution in [0.3, 0.4) is 0 Å². The maximum Gasteiger partial charge on any atom is 0.251 e. The molecule has 0 bridgehead atoms. The van der Waals surface area contributed by atoms with Crippen molar-refractivity contribution in [2.45, 2.75) is 6.54 Å². The smallest absolute Gasteiger partial charge is 0.251 e. The predicted molar refractivity (Wildman–Crippen MR) is 81.6 cm³/mol. The number of carbonyl (C=O) groups is 1. The molecule has 0 atom stereocenters. The van der Waals surface area contributed by atoms with Gasteiger partial charge in [-0.05, 0) is 36.4 Å². The van der Waals surface area contributed by atoms with E-state index in [4.69, 9.17) is 15.2 Å². The van der Waals surface area contributed by atoms with Crippen molar-refractivity contribution in [3.8, 4) is 11.5 Å². The number of nitrogens with one attached hydrogen (secondary N) is 1. The molecule has 0 aliphatic carbocycles. The number of benzene rings is 2. The summed E-state index contributed by atoms with van der Waals surface area (Å²) in [5.41, 5.74) is 7.75. The summed E-state index contributed by atoms with van der Waals surface area (Å²) in [5.74, 6) is 1.15. The Kier molecular flexibility index (Phi) is 4.66. The fraction of sp³-hybridized carbons (Fsp3) is 0.188. The van der Waals surface area contributed by atoms with Crippen molar-refractivity contribution in [1.29, 1.82) is 0 Å². The third-order valence-electron chi connectivity index (χ3n) is 3.08. The average molecular weight is 286 g/mol. The maximum atomic E-state index is 12.1. The molecule has 0 heterocycles. The van der Waals surface area contributed by atoms with E-state index in [2.05, 4.69) is 5.32 Å². The molecule has 2 aromatic rings. The van der Waals surface area contributed by atoms with Crippen LogP contribution >= 0.6 is 0 Å². The van der Waals surface area contributed by atoms with Gasteiger partial charge in [-0.2, -0.15) is 0 Å². The van der Waals surface area contributed by atoms with Crippen LogP contribution in [-0.2, 0) is 6.54 Å². The summed E-state index contributed by atoms with van der Waals surface area (Å²) in [6, 6.07) is 12.3. The van der Waals surface area contributed by atoms with Crippen molar-refractivity contribution in [3.05, 3.63) is 53.6 Å². The van der Waals surface area contributed by atoms with Crippen LogP contribution in [0, 0.1) is 0 Å². The van der Waals surface area contributed by atoms with Gasteiger partial charge in [0.1, 0.15) is 11.5 Å². The second kappa shape index (κ2) is 6.65. The fourth-order valence-electron chi connectivity index (χ4n) is 1.98. The van der Waals surface area contributed by atoms with Crippen LogP contribution in [0.4, 0.5) is 5.69 Å². The number of carbonyl (C=O) groups excluding carboxylic acids is 1. The normalized spacial score (nSPS) is 10.0. The molecule has 0 aliphatic rings. The first kappa shape index (κ1) is 14.7. The van der Waals surface area contributed by atoms with E-state index in [1.54, 1.807) is 56.7 Å². The van der Waals surface area contributed by atoms with Crippen molar-refractivity contribution in [2.75, 3.05) is 20.0 Å². The van der Waals surface area contributed by atoms with E-state index in [0.717, 1.165) is 5.56 Å². The highest BCUT2D eigenvalue weighted by atomic mass is 16.5. The second-order valence-electron chi connectivity index (χ2n) is 4.49. The number of rotatable bonds is 5. The molecule has 0 fully saturated rings. The van der Waals surface area contributed by atoms with Gasteiger partial charge in [0, 0.05) is 23.4 Å². The molecular weight excluding hydrogens is 268 g/mol. The summed E-state index contributed by atoms with van der Waals surface area (Å²) in [4.78, 5) is 12.1. The largest absolute Gasteiger partial charge is 0.497 e. The first-order valence-electron chi connectivity index (χ1n) is 6.48. The molecule has 2 rings (SSSR count). The van der Waals surface area contributed by atoms with Crippen LogP contribution in [0.2, 0.25) is 0 Å². The minimum absolute atomic E-state index is 0.182. The number of hydrogen-bond acceptors (Lipinski definition) is 4. The van der Waals surface area contributed by atoms with Gasteiger partial charge in [0.2, 0.25) is 0 Å². The van der Waals surface area contributed by atoms with Gasteiger partial charge in [0.15, 0.2) is 0 Å². The van der Waals surface area contributed by atoms with Gasteiger partial charge in [-0.1, -0.05) is 6.07 Å². The number of nitrogen functional groups attached to an aromatic ring is 1. The number of ether oxygens (including phenoxy) is 2. The van der Waals surface area contributed by atoms with E-state index in [1.807, 2.05) is 0 Å². The van der Waals surface area contributed by atoms with Gasteiger partial charge >= 0.3 is 0 Å². The van der Waals surface area contributed by atoms with Crippen LogP contribution in [0.15, 0.2) is 42.5 Å². The highest BCUT2D eigenvalue weighted by molar-refractivity contribution is 5.94. The molecule has 0 saturated carbocycles. The quantitative estimate of drug-likeness (QED) is 0.827. The third-order valence-corrected chi connectivity index (χ3v) is 3.08. The Labute approximate surface area is 123 Å². The van der Waals surface area contributed by atoms with Gasteiger partial charge in [0.25, 0.3) is 5.91 Å². The second-order valence-corrected chi connectivity index (χ2v) is 4.49. The molecule has 3 N–H and O–H groups in total. The Morgan fingerprint density at radius 2 is 1.95 bits per heavy atom. The summed E-state index contributed by atoms with van der Waals surface area (Å²) in [7, 11) is 3.15. The maximum absolute atomic E-state index is 12.1. The average Bonchev–Trinajstić information content (AvgIpc) is 2.52. The molecule has 0 saturated heterocycles. The lowest BCUT2D eigenvalue weighted by atomic mass is 10.1. The number of hydrogen-bond donors (Lipinski definition) is 2. The Balaban J connectivity index is 2.08. The van der Waals surface area contributed by atoms with E-state index >= 15 is 0 Å². The van der Waals surface area contributed by atoms with Crippen molar-refractivity contribution < 1.29 is 14.3 Å². The number of anilines is 1. The minimum Gasteiger partial charge on any atom is -0.497 e. The molecule has 0 aliphatic heterocycles. The van der Waals surface area contributed by atoms with E-state index in [9.17, 15) is 4.79 Å². The summed E-state index contributed by atoms with van der Waals surface area (Å²) in [6.45, 7) is 0.338. The first-order chi connectivity index (χ1) is 10.1. The Morgan fingerprint density at radius 1 is 1.14 bits per heavy atom. The SMILES string of the molecule is COc1cccc(C(=O)NCc2cc(N)ccc2OC)c1. The molecular formula is C16H18N2O3. The fourth-order valence-corrected chi connectivity index (χ4v) is 1.98. The zero-order chi connectivity index (χ0) is 15.2. The van der Waals surface area contributed by atoms with Gasteiger partial charge in [-0.15, -0.1) is 0 Å². The van der Waals surface area contributed by atoms with Crippen molar-refractivity contribution in [2.24, 2.45) is 0 Å². The summed E-state index contributed by atoms with van der Waals surface area (Å²) >= 11 is 0. The van der Waals surface area contributed by atoms with Crippen molar-refractivity contribution in [1.82, 2.24) is 5.32 Å². The van der Waals surface area contributed by atoms with E-state index in [0.29, 0.717) is 29.3 Å². The lowest BCUT2D eigenvalue weighted by Gasteiger charge is -2.11. The monoisotopic (exact) mass is 286 g/mol.